The second kappa shape index (κ2) is 10.2. The normalized spacial score (nSPS) is 16.3. The maximum absolute atomic E-state index is 12.4. The lowest BCUT2D eigenvalue weighted by molar-refractivity contribution is -0.133. The van der Waals surface area contributed by atoms with Crippen molar-refractivity contribution in [3.63, 3.8) is 0 Å². The highest BCUT2D eigenvalue weighted by Crippen LogP contribution is 2.14. The van der Waals surface area contributed by atoms with Crippen molar-refractivity contribution in [3.05, 3.63) is 29.8 Å². The van der Waals surface area contributed by atoms with Crippen molar-refractivity contribution >= 4 is 24.2 Å². The Kier molecular flexibility index (Phi) is 8.57. The number of halogens is 1. The zero-order chi connectivity index (χ0) is 16.7. The van der Waals surface area contributed by atoms with E-state index in [1.54, 1.807) is 24.3 Å². The maximum Gasteiger partial charge on any atom is 0.248 e. The van der Waals surface area contributed by atoms with Gasteiger partial charge in [0, 0.05) is 24.7 Å². The Labute approximate surface area is 149 Å². The van der Waals surface area contributed by atoms with E-state index < -0.39 is 5.91 Å². The van der Waals surface area contributed by atoms with Crippen molar-refractivity contribution in [1.29, 1.82) is 0 Å². The van der Waals surface area contributed by atoms with Crippen molar-refractivity contribution in [3.8, 4) is 5.75 Å². The zero-order valence-electron chi connectivity index (χ0n) is 14.0. The Morgan fingerprint density at radius 3 is 2.58 bits per heavy atom. The van der Waals surface area contributed by atoms with Crippen LogP contribution in [0.3, 0.4) is 0 Å². The van der Waals surface area contributed by atoms with E-state index in [0.29, 0.717) is 30.4 Å². The minimum Gasteiger partial charge on any atom is -0.493 e. The van der Waals surface area contributed by atoms with E-state index in [1.807, 2.05) is 4.90 Å². The molecule has 0 spiro atoms. The summed E-state index contributed by atoms with van der Waals surface area (Å²) in [4.78, 5) is 25.4. The standard InChI is InChI=1S/C17H25N3O3.ClH/c1-2-10-20(14-7-9-19-12-14)16(21)8-11-23-15-5-3-13(4-6-15)17(18)22;/h3-6,14,19H,2,7-12H2,1H3,(H2,18,22);1H. The van der Waals surface area contributed by atoms with Crippen molar-refractivity contribution in [2.75, 3.05) is 26.2 Å². The van der Waals surface area contributed by atoms with E-state index in [-0.39, 0.29) is 18.3 Å². The Morgan fingerprint density at radius 2 is 2.04 bits per heavy atom. The fourth-order valence-electron chi connectivity index (χ4n) is 2.77. The number of hydrogen-bond donors (Lipinski definition) is 2. The molecular weight excluding hydrogens is 330 g/mol. The predicted octanol–water partition coefficient (Wildman–Crippen LogP) is 1.58. The summed E-state index contributed by atoms with van der Waals surface area (Å²) >= 11 is 0. The molecule has 0 bridgehead atoms. The van der Waals surface area contributed by atoms with Crippen LogP contribution >= 0.6 is 12.4 Å². The zero-order valence-corrected chi connectivity index (χ0v) is 14.8. The number of hydrogen-bond acceptors (Lipinski definition) is 4. The molecule has 0 saturated carbocycles. The lowest BCUT2D eigenvalue weighted by atomic mass is 10.2. The average molecular weight is 356 g/mol. The number of carbonyl (C=O) groups excluding carboxylic acids is 2. The second-order valence-electron chi connectivity index (χ2n) is 5.72. The van der Waals surface area contributed by atoms with Gasteiger partial charge in [0.2, 0.25) is 11.8 Å². The first-order chi connectivity index (χ1) is 11.1. The molecule has 0 aromatic heterocycles. The van der Waals surface area contributed by atoms with Gasteiger partial charge in [-0.15, -0.1) is 12.4 Å². The van der Waals surface area contributed by atoms with Crippen LogP contribution in [0.15, 0.2) is 24.3 Å². The van der Waals surface area contributed by atoms with Crippen LogP contribution < -0.4 is 15.8 Å². The van der Waals surface area contributed by atoms with Gasteiger partial charge in [0.05, 0.1) is 13.0 Å². The van der Waals surface area contributed by atoms with Gasteiger partial charge in [-0.3, -0.25) is 9.59 Å². The van der Waals surface area contributed by atoms with Gasteiger partial charge in [0.15, 0.2) is 0 Å². The number of ether oxygens (including phenoxy) is 1. The molecule has 3 N–H and O–H groups in total. The Bertz CT molecular complexity index is 530. The number of rotatable bonds is 8. The molecule has 1 fully saturated rings. The van der Waals surface area contributed by atoms with Gasteiger partial charge < -0.3 is 20.7 Å². The summed E-state index contributed by atoms with van der Waals surface area (Å²) < 4.78 is 5.59. The molecule has 1 heterocycles. The number of benzene rings is 1. The van der Waals surface area contributed by atoms with E-state index in [9.17, 15) is 9.59 Å². The number of nitrogens with two attached hydrogens (primary N) is 1. The molecule has 6 nitrogen and oxygen atoms in total. The predicted molar refractivity (Wildman–Crippen MR) is 95.6 cm³/mol. The third kappa shape index (κ3) is 5.69. The van der Waals surface area contributed by atoms with Crippen molar-refractivity contribution < 1.29 is 14.3 Å². The number of amides is 2. The molecule has 1 aromatic carbocycles. The van der Waals surface area contributed by atoms with Crippen molar-refractivity contribution in [2.45, 2.75) is 32.2 Å². The van der Waals surface area contributed by atoms with Crippen LogP contribution in [0.2, 0.25) is 0 Å². The van der Waals surface area contributed by atoms with Gasteiger partial charge in [0.25, 0.3) is 0 Å². The molecule has 1 aliphatic rings. The van der Waals surface area contributed by atoms with Crippen LogP contribution in [-0.4, -0.2) is 49.0 Å². The minimum absolute atomic E-state index is 0. The van der Waals surface area contributed by atoms with E-state index >= 15 is 0 Å². The van der Waals surface area contributed by atoms with Gasteiger partial charge in [-0.2, -0.15) is 0 Å². The second-order valence-corrected chi connectivity index (χ2v) is 5.72. The van der Waals surface area contributed by atoms with Gasteiger partial charge in [-0.1, -0.05) is 6.92 Å². The summed E-state index contributed by atoms with van der Waals surface area (Å²) in [6.07, 6.45) is 2.33. The summed E-state index contributed by atoms with van der Waals surface area (Å²) in [5.74, 6) is 0.300. The topological polar surface area (TPSA) is 84.7 Å². The fourth-order valence-corrected chi connectivity index (χ4v) is 2.77. The summed E-state index contributed by atoms with van der Waals surface area (Å²) in [5.41, 5.74) is 5.63. The average Bonchev–Trinajstić information content (AvgIpc) is 3.07. The SMILES string of the molecule is CCCN(C(=O)CCOc1ccc(C(N)=O)cc1)C1CCNC1.Cl. The highest BCUT2D eigenvalue weighted by molar-refractivity contribution is 5.92. The van der Waals surface area contributed by atoms with Crippen molar-refractivity contribution in [1.82, 2.24) is 10.2 Å². The molecular formula is C17H26ClN3O3. The summed E-state index contributed by atoms with van der Waals surface area (Å²) in [6.45, 7) is 5.05. The molecule has 24 heavy (non-hydrogen) atoms. The van der Waals surface area contributed by atoms with E-state index in [1.165, 1.54) is 0 Å². The molecule has 1 atom stereocenters. The highest BCUT2D eigenvalue weighted by atomic mass is 35.5. The van der Waals surface area contributed by atoms with E-state index in [4.69, 9.17) is 10.5 Å². The van der Waals surface area contributed by atoms with Crippen molar-refractivity contribution in [2.24, 2.45) is 5.73 Å². The van der Waals surface area contributed by atoms with Gasteiger partial charge in [0.1, 0.15) is 5.75 Å². The molecule has 1 saturated heterocycles. The number of nitrogens with one attached hydrogen (secondary N) is 1. The minimum atomic E-state index is -0.466. The van der Waals surface area contributed by atoms with Crippen LogP contribution in [0.25, 0.3) is 0 Å². The smallest absolute Gasteiger partial charge is 0.248 e. The Balaban J connectivity index is 0.00000288. The summed E-state index contributed by atoms with van der Waals surface area (Å²) in [5, 5.41) is 3.30. The lowest BCUT2D eigenvalue weighted by Gasteiger charge is -2.28. The fraction of sp³-hybridized carbons (Fsp3) is 0.529. The van der Waals surface area contributed by atoms with Crippen LogP contribution in [-0.2, 0) is 4.79 Å². The van der Waals surface area contributed by atoms with E-state index in [0.717, 1.165) is 32.5 Å². The first kappa shape index (κ1) is 20.3. The first-order valence-corrected chi connectivity index (χ1v) is 8.14. The molecule has 0 radical (unpaired) electrons. The van der Waals surface area contributed by atoms with Crippen LogP contribution in [0.4, 0.5) is 0 Å². The Hall–Kier alpha value is -1.79. The van der Waals surface area contributed by atoms with Crippen LogP contribution in [0.5, 0.6) is 5.75 Å². The highest BCUT2D eigenvalue weighted by Gasteiger charge is 2.25. The quantitative estimate of drug-likeness (QED) is 0.741. The maximum atomic E-state index is 12.4. The number of primary amides is 1. The molecule has 2 rings (SSSR count). The third-order valence-corrected chi connectivity index (χ3v) is 3.98. The van der Waals surface area contributed by atoms with Crippen LogP contribution in [0, 0.1) is 0 Å². The van der Waals surface area contributed by atoms with E-state index in [2.05, 4.69) is 12.2 Å². The third-order valence-electron chi connectivity index (χ3n) is 3.98. The lowest BCUT2D eigenvalue weighted by Crippen LogP contribution is -2.42. The van der Waals surface area contributed by atoms with Crippen LogP contribution in [0.1, 0.15) is 36.5 Å². The number of nitrogens with zero attached hydrogens (tertiary/aromatic N) is 1. The molecule has 7 heteroatoms. The molecule has 2 amide bonds. The molecule has 1 unspecified atom stereocenters. The number of carbonyl (C=O) groups is 2. The Morgan fingerprint density at radius 1 is 1.33 bits per heavy atom. The van der Waals surface area contributed by atoms with Gasteiger partial charge in [-0.25, -0.2) is 0 Å². The largest absolute Gasteiger partial charge is 0.493 e. The summed E-state index contributed by atoms with van der Waals surface area (Å²) in [6, 6.07) is 6.92. The monoisotopic (exact) mass is 355 g/mol. The molecule has 1 aliphatic heterocycles. The van der Waals surface area contributed by atoms with Gasteiger partial charge in [-0.05, 0) is 43.7 Å². The first-order valence-electron chi connectivity index (χ1n) is 8.14. The van der Waals surface area contributed by atoms with Gasteiger partial charge >= 0.3 is 0 Å². The molecule has 1 aromatic rings. The summed E-state index contributed by atoms with van der Waals surface area (Å²) in [7, 11) is 0. The molecule has 134 valence electrons. The molecule has 0 aliphatic carbocycles.